The minimum absolute atomic E-state index is 0.114. The predicted molar refractivity (Wildman–Crippen MR) is 101 cm³/mol. The molecule has 5 nitrogen and oxygen atoms in total. The zero-order valence-corrected chi connectivity index (χ0v) is 15.2. The van der Waals surface area contributed by atoms with E-state index in [0.717, 1.165) is 4.47 Å². The zero-order chi connectivity index (χ0) is 18.0. The van der Waals surface area contributed by atoms with Gasteiger partial charge in [-0.25, -0.2) is 0 Å². The van der Waals surface area contributed by atoms with Crippen LogP contribution in [0.2, 0.25) is 0 Å². The van der Waals surface area contributed by atoms with Crippen molar-refractivity contribution in [1.82, 2.24) is 0 Å². The normalized spacial score (nSPS) is 16.0. The molecule has 1 N–H and O–H groups in total. The first-order valence-electron chi connectivity index (χ1n) is 7.80. The smallest absolute Gasteiger partial charge is 0.268 e. The van der Waals surface area contributed by atoms with Crippen molar-refractivity contribution in [3.63, 3.8) is 0 Å². The van der Waals surface area contributed by atoms with E-state index in [1.165, 1.54) is 0 Å². The number of halogens is 1. The maximum absolute atomic E-state index is 12.4. The fourth-order valence-corrected chi connectivity index (χ4v) is 3.11. The van der Waals surface area contributed by atoms with Gasteiger partial charge < -0.3 is 15.0 Å². The number of amides is 2. The van der Waals surface area contributed by atoms with E-state index in [9.17, 15) is 9.59 Å². The van der Waals surface area contributed by atoms with Crippen molar-refractivity contribution in [3.05, 3.63) is 65.2 Å². The van der Waals surface area contributed by atoms with E-state index < -0.39 is 6.10 Å². The van der Waals surface area contributed by atoms with Crippen LogP contribution < -0.4 is 15.0 Å². The Hall–Kier alpha value is -2.60. The van der Waals surface area contributed by atoms with E-state index in [0.29, 0.717) is 29.2 Å². The Morgan fingerprint density at radius 2 is 2.12 bits per heavy atom. The molecule has 2 aromatic carbocycles. The average Bonchev–Trinajstić information content (AvgIpc) is 2.59. The van der Waals surface area contributed by atoms with Crippen molar-refractivity contribution in [3.8, 4) is 5.75 Å². The molecule has 0 fully saturated rings. The van der Waals surface area contributed by atoms with Crippen LogP contribution in [0, 0.1) is 0 Å². The van der Waals surface area contributed by atoms with Crippen LogP contribution in [-0.4, -0.2) is 24.5 Å². The number of benzene rings is 2. The second-order valence-electron chi connectivity index (χ2n) is 5.61. The first-order chi connectivity index (χ1) is 12.0. The Morgan fingerprint density at radius 1 is 1.36 bits per heavy atom. The minimum atomic E-state index is -0.582. The molecule has 0 saturated heterocycles. The first kappa shape index (κ1) is 17.2. The molecule has 0 saturated carbocycles. The van der Waals surface area contributed by atoms with E-state index in [-0.39, 0.29) is 11.8 Å². The number of carbonyl (C=O) groups is 2. The van der Waals surface area contributed by atoms with Gasteiger partial charge in [0, 0.05) is 22.8 Å². The van der Waals surface area contributed by atoms with Crippen LogP contribution in [0.25, 0.3) is 0 Å². The highest BCUT2D eigenvalue weighted by Crippen LogP contribution is 2.36. The van der Waals surface area contributed by atoms with Crippen LogP contribution >= 0.6 is 15.9 Å². The molecule has 1 unspecified atom stereocenters. The average molecular weight is 401 g/mol. The summed E-state index contributed by atoms with van der Waals surface area (Å²) >= 11 is 3.37. The molecule has 25 heavy (non-hydrogen) atoms. The molecule has 1 aliphatic rings. The standard InChI is InChI=1S/C19H17BrN2O3/c1-3-10-22-16-9-8-13(11-17(16)25-12(2)19(22)24)21-18(23)14-6-4-5-7-15(14)20/h3-9,11-12H,1,10H2,2H3,(H,21,23). The first-order valence-corrected chi connectivity index (χ1v) is 8.59. The minimum Gasteiger partial charge on any atom is -0.479 e. The number of nitrogens with one attached hydrogen (secondary N) is 1. The van der Waals surface area contributed by atoms with E-state index in [4.69, 9.17) is 4.74 Å². The number of hydrogen-bond donors (Lipinski definition) is 1. The van der Waals surface area contributed by atoms with Gasteiger partial charge in [0.1, 0.15) is 5.75 Å². The van der Waals surface area contributed by atoms with Crippen molar-refractivity contribution in [1.29, 1.82) is 0 Å². The van der Waals surface area contributed by atoms with Crippen molar-refractivity contribution in [2.45, 2.75) is 13.0 Å². The Kier molecular flexibility index (Phi) is 4.90. The van der Waals surface area contributed by atoms with Gasteiger partial charge in [0.05, 0.1) is 11.3 Å². The van der Waals surface area contributed by atoms with Crippen LogP contribution in [0.5, 0.6) is 5.75 Å². The molecule has 0 bridgehead atoms. The van der Waals surface area contributed by atoms with Crippen LogP contribution in [0.3, 0.4) is 0 Å². The molecule has 1 atom stereocenters. The summed E-state index contributed by atoms with van der Waals surface area (Å²) in [6.07, 6.45) is 1.09. The topological polar surface area (TPSA) is 58.6 Å². The summed E-state index contributed by atoms with van der Waals surface area (Å²) in [5.74, 6) is 0.214. The SMILES string of the molecule is C=CCN1C(=O)C(C)Oc2cc(NC(=O)c3ccccc3Br)ccc21. The molecule has 0 aromatic heterocycles. The van der Waals surface area contributed by atoms with Crippen LogP contribution in [-0.2, 0) is 4.79 Å². The number of nitrogens with zero attached hydrogens (tertiary/aromatic N) is 1. The third-order valence-electron chi connectivity index (χ3n) is 3.86. The predicted octanol–water partition coefficient (Wildman–Crippen LogP) is 4.00. The fourth-order valence-electron chi connectivity index (χ4n) is 2.65. The molecule has 2 amide bonds. The van der Waals surface area contributed by atoms with Crippen LogP contribution in [0.1, 0.15) is 17.3 Å². The molecular formula is C19H17BrN2O3. The van der Waals surface area contributed by atoms with E-state index in [1.807, 2.05) is 12.1 Å². The third kappa shape index (κ3) is 3.44. The number of carbonyl (C=O) groups excluding carboxylic acids is 2. The van der Waals surface area contributed by atoms with Gasteiger partial charge in [0.15, 0.2) is 6.10 Å². The van der Waals surface area contributed by atoms with Crippen LogP contribution in [0.4, 0.5) is 11.4 Å². The van der Waals surface area contributed by atoms with Crippen molar-refractivity contribution in [2.24, 2.45) is 0 Å². The van der Waals surface area contributed by atoms with Gasteiger partial charge >= 0.3 is 0 Å². The molecule has 6 heteroatoms. The Balaban J connectivity index is 1.87. The lowest BCUT2D eigenvalue weighted by Gasteiger charge is -2.32. The maximum Gasteiger partial charge on any atom is 0.268 e. The number of ether oxygens (including phenoxy) is 1. The van der Waals surface area contributed by atoms with Gasteiger partial charge in [0.25, 0.3) is 11.8 Å². The lowest BCUT2D eigenvalue weighted by atomic mass is 10.1. The Bertz CT molecular complexity index is 850. The molecule has 128 valence electrons. The summed E-state index contributed by atoms with van der Waals surface area (Å²) in [4.78, 5) is 26.3. The lowest BCUT2D eigenvalue weighted by Crippen LogP contribution is -2.44. The highest BCUT2D eigenvalue weighted by Gasteiger charge is 2.30. The Morgan fingerprint density at radius 3 is 2.84 bits per heavy atom. The highest BCUT2D eigenvalue weighted by molar-refractivity contribution is 9.10. The zero-order valence-electron chi connectivity index (χ0n) is 13.7. The summed E-state index contributed by atoms with van der Waals surface area (Å²) < 4.78 is 6.41. The molecule has 3 rings (SSSR count). The van der Waals surface area contributed by atoms with Crippen molar-refractivity contribution >= 4 is 39.1 Å². The number of hydrogen-bond acceptors (Lipinski definition) is 3. The molecule has 1 heterocycles. The Labute approximate surface area is 154 Å². The van der Waals surface area contributed by atoms with Crippen LogP contribution in [0.15, 0.2) is 59.6 Å². The number of fused-ring (bicyclic) bond motifs is 1. The van der Waals surface area contributed by atoms with E-state index in [2.05, 4.69) is 27.8 Å². The van der Waals surface area contributed by atoms with E-state index >= 15 is 0 Å². The number of rotatable bonds is 4. The quantitative estimate of drug-likeness (QED) is 0.788. The van der Waals surface area contributed by atoms with Gasteiger partial charge in [-0.05, 0) is 47.1 Å². The molecule has 1 aliphatic heterocycles. The fraction of sp³-hybridized carbons (Fsp3) is 0.158. The molecule has 2 aromatic rings. The third-order valence-corrected chi connectivity index (χ3v) is 4.55. The largest absolute Gasteiger partial charge is 0.479 e. The van der Waals surface area contributed by atoms with Gasteiger partial charge in [-0.15, -0.1) is 6.58 Å². The lowest BCUT2D eigenvalue weighted by molar-refractivity contribution is -0.125. The maximum atomic E-state index is 12.4. The molecule has 0 spiro atoms. The summed E-state index contributed by atoms with van der Waals surface area (Å²) in [5, 5.41) is 2.85. The summed E-state index contributed by atoms with van der Waals surface area (Å²) in [6.45, 7) is 5.80. The van der Waals surface area contributed by atoms with Crippen molar-refractivity contribution < 1.29 is 14.3 Å². The highest BCUT2D eigenvalue weighted by atomic mass is 79.9. The van der Waals surface area contributed by atoms with Gasteiger partial charge in [-0.3, -0.25) is 9.59 Å². The molecule has 0 radical (unpaired) electrons. The summed E-state index contributed by atoms with van der Waals surface area (Å²) in [7, 11) is 0. The monoisotopic (exact) mass is 400 g/mol. The second kappa shape index (κ2) is 7.11. The van der Waals surface area contributed by atoms with E-state index in [1.54, 1.807) is 48.2 Å². The van der Waals surface area contributed by atoms with Gasteiger partial charge in [-0.2, -0.15) is 0 Å². The molecular weight excluding hydrogens is 384 g/mol. The second-order valence-corrected chi connectivity index (χ2v) is 6.47. The van der Waals surface area contributed by atoms with Gasteiger partial charge in [0.2, 0.25) is 0 Å². The molecule has 0 aliphatic carbocycles. The number of anilines is 2. The van der Waals surface area contributed by atoms with Gasteiger partial charge in [-0.1, -0.05) is 18.2 Å². The summed E-state index contributed by atoms with van der Waals surface area (Å²) in [6, 6.07) is 12.4. The van der Waals surface area contributed by atoms with Crippen molar-refractivity contribution in [2.75, 3.05) is 16.8 Å². The summed E-state index contributed by atoms with van der Waals surface area (Å²) in [5.41, 5.74) is 1.81.